The highest BCUT2D eigenvalue weighted by atomic mass is 32.1. The number of hydrogen-bond acceptors (Lipinski definition) is 4. The third-order valence-corrected chi connectivity index (χ3v) is 5.90. The van der Waals surface area contributed by atoms with E-state index in [-0.39, 0.29) is 10.8 Å². The molecular weight excluding hydrogens is 328 g/mol. The van der Waals surface area contributed by atoms with E-state index in [9.17, 15) is 5.11 Å². The Labute approximate surface area is 155 Å². The van der Waals surface area contributed by atoms with Crippen LogP contribution in [-0.4, -0.2) is 16.6 Å². The van der Waals surface area contributed by atoms with Crippen LogP contribution < -0.4 is 5.32 Å². The van der Waals surface area contributed by atoms with Crippen molar-refractivity contribution in [1.82, 2.24) is 4.98 Å². The molecule has 1 aliphatic rings. The Morgan fingerprint density at radius 2 is 1.60 bits per heavy atom. The number of thiazole rings is 1. The number of nitrogens with one attached hydrogen (secondary N) is 1. The van der Waals surface area contributed by atoms with Gasteiger partial charge in [-0.2, -0.15) is 0 Å². The van der Waals surface area contributed by atoms with Crippen molar-refractivity contribution in [1.29, 1.82) is 0 Å². The second-order valence-electron chi connectivity index (χ2n) is 9.10. The molecule has 0 saturated carbocycles. The van der Waals surface area contributed by atoms with Crippen molar-refractivity contribution < 1.29 is 5.11 Å². The van der Waals surface area contributed by atoms with E-state index in [1.807, 2.05) is 0 Å². The van der Waals surface area contributed by atoms with Gasteiger partial charge in [-0.05, 0) is 42.2 Å². The number of fused-ring (bicyclic) bond motifs is 1. The summed E-state index contributed by atoms with van der Waals surface area (Å²) in [5.74, 6) is 0.431. The molecule has 4 heteroatoms. The Balaban J connectivity index is 2.16. The Morgan fingerprint density at radius 3 is 2.16 bits per heavy atom. The van der Waals surface area contributed by atoms with E-state index >= 15 is 0 Å². The van der Waals surface area contributed by atoms with Gasteiger partial charge in [0.1, 0.15) is 15.8 Å². The molecule has 1 aromatic carbocycles. The number of anilines is 1. The molecule has 0 atom stereocenters. The first-order chi connectivity index (χ1) is 11.6. The van der Waals surface area contributed by atoms with E-state index in [0.717, 1.165) is 34.7 Å². The van der Waals surface area contributed by atoms with Crippen LogP contribution in [0.15, 0.2) is 12.1 Å². The largest absolute Gasteiger partial charge is 0.507 e. The minimum atomic E-state index is -0.118. The van der Waals surface area contributed by atoms with Crippen LogP contribution in [-0.2, 0) is 17.3 Å². The van der Waals surface area contributed by atoms with Crippen molar-refractivity contribution >= 4 is 16.3 Å². The van der Waals surface area contributed by atoms with Crippen molar-refractivity contribution in [2.24, 2.45) is 0 Å². The van der Waals surface area contributed by atoms with E-state index in [2.05, 4.69) is 59.0 Å². The number of benzene rings is 1. The lowest BCUT2D eigenvalue weighted by Crippen LogP contribution is -2.17. The van der Waals surface area contributed by atoms with Crippen LogP contribution in [0, 0.1) is 0 Å². The molecule has 0 radical (unpaired) electrons. The van der Waals surface area contributed by atoms with Crippen LogP contribution in [0.5, 0.6) is 5.75 Å². The molecular formula is C21H30N2OS. The van der Waals surface area contributed by atoms with Gasteiger partial charge < -0.3 is 10.4 Å². The van der Waals surface area contributed by atoms with Gasteiger partial charge in [-0.15, -0.1) is 0 Å². The van der Waals surface area contributed by atoms with Gasteiger partial charge in [-0.3, -0.25) is 0 Å². The van der Waals surface area contributed by atoms with E-state index in [1.165, 1.54) is 23.5 Å². The molecule has 1 aromatic heterocycles. The number of aromatic nitrogens is 1. The predicted molar refractivity (Wildman–Crippen MR) is 108 cm³/mol. The number of phenols is 1. The Morgan fingerprint density at radius 1 is 1.00 bits per heavy atom. The van der Waals surface area contributed by atoms with Crippen LogP contribution in [0.2, 0.25) is 0 Å². The van der Waals surface area contributed by atoms with Gasteiger partial charge in [0.05, 0.1) is 5.69 Å². The van der Waals surface area contributed by atoms with Gasteiger partial charge in [-0.25, -0.2) is 4.98 Å². The van der Waals surface area contributed by atoms with Crippen LogP contribution >= 0.6 is 11.3 Å². The molecule has 0 unspecified atom stereocenters. The van der Waals surface area contributed by atoms with E-state index in [0.29, 0.717) is 5.75 Å². The molecule has 0 saturated heterocycles. The highest BCUT2D eigenvalue weighted by Crippen LogP contribution is 2.43. The zero-order chi connectivity index (χ0) is 18.4. The molecule has 0 fully saturated rings. The molecule has 25 heavy (non-hydrogen) atoms. The summed E-state index contributed by atoms with van der Waals surface area (Å²) in [5.41, 5.74) is 4.06. The van der Waals surface area contributed by atoms with Crippen molar-refractivity contribution in [3.05, 3.63) is 29.0 Å². The molecule has 0 amide bonds. The Hall–Kier alpha value is -1.55. The molecule has 0 spiro atoms. The van der Waals surface area contributed by atoms with Gasteiger partial charge in [0.15, 0.2) is 0 Å². The first kappa shape index (κ1) is 18.2. The number of phenolic OH excluding ortho intramolecular Hbond substituents is 1. The fourth-order valence-electron chi connectivity index (χ4n) is 3.30. The normalized spacial score (nSPS) is 15.4. The van der Waals surface area contributed by atoms with Crippen LogP contribution in [0.3, 0.4) is 0 Å². The standard InChI is InChI=1S/C21H30N2OS/c1-20(2,3)14-11-13(12-15(17(14)24)21(4,5)6)18-23-16-9-7-8-10-22-19(16)25-18/h11-12,22,24H,7-10H2,1-6H3. The van der Waals surface area contributed by atoms with Gasteiger partial charge in [-0.1, -0.05) is 52.9 Å². The summed E-state index contributed by atoms with van der Waals surface area (Å²) in [6.45, 7) is 13.9. The lowest BCUT2D eigenvalue weighted by atomic mass is 9.78. The third-order valence-electron chi connectivity index (χ3n) is 4.80. The van der Waals surface area contributed by atoms with Gasteiger partial charge in [0.25, 0.3) is 0 Å². The second-order valence-corrected chi connectivity index (χ2v) is 10.1. The number of hydrogen-bond donors (Lipinski definition) is 2. The van der Waals surface area contributed by atoms with Crippen LogP contribution in [0.4, 0.5) is 5.00 Å². The molecule has 3 nitrogen and oxygen atoms in total. The first-order valence-corrected chi connectivity index (χ1v) is 10.0. The first-order valence-electron chi connectivity index (χ1n) is 9.19. The van der Waals surface area contributed by atoms with Crippen LogP contribution in [0.1, 0.15) is 71.2 Å². The molecule has 0 bridgehead atoms. The number of rotatable bonds is 1. The summed E-state index contributed by atoms with van der Waals surface area (Å²) < 4.78 is 0. The molecule has 2 aromatic rings. The Bertz CT molecular complexity index is 720. The Kier molecular flexibility index (Phi) is 4.61. The van der Waals surface area contributed by atoms with Crippen LogP contribution in [0.25, 0.3) is 10.6 Å². The zero-order valence-corrected chi connectivity index (χ0v) is 17.1. The number of aryl methyl sites for hydroxylation is 1. The smallest absolute Gasteiger partial charge is 0.125 e. The highest BCUT2D eigenvalue weighted by molar-refractivity contribution is 7.19. The summed E-state index contributed by atoms with van der Waals surface area (Å²) >= 11 is 1.74. The zero-order valence-electron chi connectivity index (χ0n) is 16.3. The monoisotopic (exact) mass is 358 g/mol. The molecule has 136 valence electrons. The maximum absolute atomic E-state index is 10.9. The van der Waals surface area contributed by atoms with Gasteiger partial charge >= 0.3 is 0 Å². The SMILES string of the molecule is CC(C)(C)c1cc(-c2nc3c(s2)NCCCC3)cc(C(C)(C)C)c1O. The quantitative estimate of drug-likeness (QED) is 0.671. The summed E-state index contributed by atoms with van der Waals surface area (Å²) in [5, 5.41) is 16.7. The predicted octanol–water partition coefficient (Wildman–Crippen LogP) is 5.86. The van der Waals surface area contributed by atoms with Crippen molar-refractivity contribution in [2.75, 3.05) is 11.9 Å². The minimum absolute atomic E-state index is 0.118. The number of nitrogens with zero attached hydrogens (tertiary/aromatic N) is 1. The van der Waals surface area contributed by atoms with Gasteiger partial charge in [0, 0.05) is 23.2 Å². The van der Waals surface area contributed by atoms with E-state index < -0.39 is 0 Å². The molecule has 0 aliphatic carbocycles. The van der Waals surface area contributed by atoms with Crippen molar-refractivity contribution in [3.8, 4) is 16.3 Å². The summed E-state index contributed by atoms with van der Waals surface area (Å²) in [4.78, 5) is 4.93. The maximum atomic E-state index is 10.9. The average molecular weight is 359 g/mol. The highest BCUT2D eigenvalue weighted by Gasteiger charge is 2.27. The minimum Gasteiger partial charge on any atom is -0.507 e. The fourth-order valence-corrected chi connectivity index (χ4v) is 4.33. The molecule has 2 heterocycles. The van der Waals surface area contributed by atoms with Gasteiger partial charge in [0.2, 0.25) is 0 Å². The summed E-state index contributed by atoms with van der Waals surface area (Å²) in [6.07, 6.45) is 3.45. The maximum Gasteiger partial charge on any atom is 0.125 e. The number of aromatic hydroxyl groups is 1. The molecule has 1 aliphatic heterocycles. The average Bonchev–Trinajstić information content (AvgIpc) is 2.76. The van der Waals surface area contributed by atoms with E-state index in [4.69, 9.17) is 4.98 Å². The lowest BCUT2D eigenvalue weighted by Gasteiger charge is -2.28. The molecule has 2 N–H and O–H groups in total. The third kappa shape index (κ3) is 3.69. The second kappa shape index (κ2) is 6.31. The summed E-state index contributed by atoms with van der Waals surface area (Å²) in [7, 11) is 0. The topological polar surface area (TPSA) is 45.2 Å². The van der Waals surface area contributed by atoms with Crippen molar-refractivity contribution in [3.63, 3.8) is 0 Å². The fraction of sp³-hybridized carbons (Fsp3) is 0.571. The van der Waals surface area contributed by atoms with E-state index in [1.54, 1.807) is 11.3 Å². The lowest BCUT2D eigenvalue weighted by molar-refractivity contribution is 0.423. The molecule has 3 rings (SSSR count). The van der Waals surface area contributed by atoms with Crippen molar-refractivity contribution in [2.45, 2.75) is 71.6 Å². The summed E-state index contributed by atoms with van der Waals surface area (Å²) in [6, 6.07) is 4.26.